The molecule has 0 fully saturated rings. The van der Waals surface area contributed by atoms with Crippen molar-refractivity contribution in [3.63, 3.8) is 0 Å². The summed E-state index contributed by atoms with van der Waals surface area (Å²) in [5.41, 5.74) is 1.10. The van der Waals surface area contributed by atoms with E-state index in [9.17, 15) is 4.79 Å². The van der Waals surface area contributed by atoms with Gasteiger partial charge in [0.15, 0.2) is 0 Å². The van der Waals surface area contributed by atoms with E-state index in [-0.39, 0.29) is 5.91 Å². The van der Waals surface area contributed by atoms with Gasteiger partial charge in [0.2, 0.25) is 0 Å². The molecule has 0 heterocycles. The lowest BCUT2D eigenvalue weighted by Crippen LogP contribution is -2.12. The standard InChI is InChI=1S/C14H10Br2ClNO2/c1-20-13-5-3-9(15)7-12(13)18-14(19)8-2-4-11(17)10(16)6-8/h2-7H,1H3,(H,18,19). The lowest BCUT2D eigenvalue weighted by atomic mass is 10.2. The fourth-order valence-corrected chi connectivity index (χ4v) is 2.47. The van der Waals surface area contributed by atoms with Crippen LogP contribution in [0.1, 0.15) is 10.4 Å². The van der Waals surface area contributed by atoms with E-state index in [1.54, 1.807) is 37.4 Å². The zero-order valence-electron chi connectivity index (χ0n) is 10.4. The van der Waals surface area contributed by atoms with E-state index in [1.807, 2.05) is 6.07 Å². The highest BCUT2D eigenvalue weighted by Crippen LogP contribution is 2.29. The minimum absolute atomic E-state index is 0.237. The highest BCUT2D eigenvalue weighted by Gasteiger charge is 2.11. The Bertz CT molecular complexity index is 662. The second kappa shape index (κ2) is 6.61. The fraction of sp³-hybridized carbons (Fsp3) is 0.0714. The summed E-state index contributed by atoms with van der Waals surface area (Å²) in [4.78, 5) is 12.2. The zero-order valence-corrected chi connectivity index (χ0v) is 14.3. The molecule has 0 aromatic heterocycles. The summed E-state index contributed by atoms with van der Waals surface area (Å²) in [7, 11) is 1.55. The number of hydrogen-bond donors (Lipinski definition) is 1. The Balaban J connectivity index is 2.27. The smallest absolute Gasteiger partial charge is 0.255 e. The number of ether oxygens (including phenoxy) is 1. The maximum absolute atomic E-state index is 12.2. The van der Waals surface area contributed by atoms with Gasteiger partial charge in [-0.15, -0.1) is 0 Å². The molecule has 104 valence electrons. The van der Waals surface area contributed by atoms with Crippen molar-refractivity contribution in [2.24, 2.45) is 0 Å². The van der Waals surface area contributed by atoms with Gasteiger partial charge in [0, 0.05) is 14.5 Å². The van der Waals surface area contributed by atoms with E-state index in [0.717, 1.165) is 4.47 Å². The van der Waals surface area contributed by atoms with Crippen LogP contribution in [-0.4, -0.2) is 13.0 Å². The monoisotopic (exact) mass is 417 g/mol. The molecule has 0 aliphatic carbocycles. The van der Waals surface area contributed by atoms with Crippen molar-refractivity contribution < 1.29 is 9.53 Å². The van der Waals surface area contributed by atoms with Gasteiger partial charge in [0.1, 0.15) is 5.75 Å². The number of nitrogens with one attached hydrogen (secondary N) is 1. The van der Waals surface area contributed by atoms with Crippen molar-refractivity contribution >= 4 is 55.1 Å². The first-order valence-corrected chi connectivity index (χ1v) is 7.57. The Morgan fingerprint density at radius 1 is 1.20 bits per heavy atom. The first kappa shape index (κ1) is 15.4. The molecule has 0 spiro atoms. The van der Waals surface area contributed by atoms with Gasteiger partial charge in [0.25, 0.3) is 5.91 Å². The second-order valence-corrected chi connectivity index (χ2v) is 6.10. The van der Waals surface area contributed by atoms with Gasteiger partial charge in [-0.3, -0.25) is 4.79 Å². The highest BCUT2D eigenvalue weighted by atomic mass is 79.9. The number of carbonyl (C=O) groups is 1. The zero-order chi connectivity index (χ0) is 14.7. The summed E-state index contributed by atoms with van der Waals surface area (Å²) in [5.74, 6) is 0.355. The molecule has 1 amide bonds. The van der Waals surface area contributed by atoms with Gasteiger partial charge in [-0.1, -0.05) is 27.5 Å². The number of hydrogen-bond acceptors (Lipinski definition) is 2. The number of amides is 1. The Labute approximate surface area is 138 Å². The third kappa shape index (κ3) is 3.53. The van der Waals surface area contributed by atoms with E-state index in [2.05, 4.69) is 37.2 Å². The Morgan fingerprint density at radius 3 is 2.60 bits per heavy atom. The topological polar surface area (TPSA) is 38.3 Å². The van der Waals surface area contributed by atoms with E-state index in [1.165, 1.54) is 0 Å². The molecule has 20 heavy (non-hydrogen) atoms. The van der Waals surface area contributed by atoms with Gasteiger partial charge < -0.3 is 10.1 Å². The first-order valence-electron chi connectivity index (χ1n) is 5.61. The summed E-state index contributed by atoms with van der Waals surface area (Å²) in [6.45, 7) is 0. The molecule has 3 nitrogen and oxygen atoms in total. The second-order valence-electron chi connectivity index (χ2n) is 3.93. The molecule has 6 heteroatoms. The van der Waals surface area contributed by atoms with Crippen LogP contribution in [0.3, 0.4) is 0 Å². The summed E-state index contributed by atoms with van der Waals surface area (Å²) in [6, 6.07) is 10.4. The number of methoxy groups -OCH3 is 1. The largest absolute Gasteiger partial charge is 0.495 e. The fourth-order valence-electron chi connectivity index (χ4n) is 1.61. The number of rotatable bonds is 3. The van der Waals surface area contributed by atoms with E-state index in [4.69, 9.17) is 16.3 Å². The Kier molecular flexibility index (Phi) is 5.07. The SMILES string of the molecule is COc1ccc(Br)cc1NC(=O)c1ccc(Cl)c(Br)c1. The maximum Gasteiger partial charge on any atom is 0.255 e. The van der Waals surface area contributed by atoms with Gasteiger partial charge in [-0.2, -0.15) is 0 Å². The predicted molar refractivity (Wildman–Crippen MR) is 87.8 cm³/mol. The van der Waals surface area contributed by atoms with Crippen LogP contribution >= 0.6 is 43.5 Å². The molecule has 0 atom stereocenters. The van der Waals surface area contributed by atoms with Crippen molar-refractivity contribution in [3.8, 4) is 5.75 Å². The number of benzene rings is 2. The van der Waals surface area contributed by atoms with Crippen molar-refractivity contribution in [2.45, 2.75) is 0 Å². The van der Waals surface area contributed by atoms with Crippen LogP contribution in [0.5, 0.6) is 5.75 Å². The van der Waals surface area contributed by atoms with Crippen molar-refractivity contribution in [2.75, 3.05) is 12.4 Å². The molecule has 0 bridgehead atoms. The summed E-state index contributed by atoms with van der Waals surface area (Å²) < 4.78 is 6.74. The Hall–Kier alpha value is -1.04. The van der Waals surface area contributed by atoms with E-state index < -0.39 is 0 Å². The molecule has 0 aliphatic heterocycles. The number of anilines is 1. The molecular formula is C14H10Br2ClNO2. The van der Waals surface area contributed by atoms with Gasteiger partial charge >= 0.3 is 0 Å². The Morgan fingerprint density at radius 2 is 1.95 bits per heavy atom. The van der Waals surface area contributed by atoms with Crippen LogP contribution in [0.2, 0.25) is 5.02 Å². The molecule has 0 saturated carbocycles. The summed E-state index contributed by atoms with van der Waals surface area (Å²) in [5, 5.41) is 3.36. The lowest BCUT2D eigenvalue weighted by molar-refractivity contribution is 0.102. The van der Waals surface area contributed by atoms with Crippen LogP contribution in [0.25, 0.3) is 0 Å². The van der Waals surface area contributed by atoms with Crippen LogP contribution in [-0.2, 0) is 0 Å². The quantitative estimate of drug-likeness (QED) is 0.749. The maximum atomic E-state index is 12.2. The lowest BCUT2D eigenvalue weighted by Gasteiger charge is -2.11. The van der Waals surface area contributed by atoms with E-state index in [0.29, 0.717) is 26.5 Å². The molecule has 0 saturated heterocycles. The van der Waals surface area contributed by atoms with Gasteiger partial charge in [-0.05, 0) is 52.3 Å². The van der Waals surface area contributed by atoms with Gasteiger partial charge in [0.05, 0.1) is 17.8 Å². The number of halogens is 3. The normalized spacial score (nSPS) is 10.2. The minimum atomic E-state index is -0.237. The van der Waals surface area contributed by atoms with Crippen LogP contribution in [0, 0.1) is 0 Å². The molecule has 0 aliphatic rings. The average molecular weight is 420 g/mol. The van der Waals surface area contributed by atoms with Gasteiger partial charge in [-0.25, -0.2) is 0 Å². The third-order valence-corrected chi connectivity index (χ3v) is 4.30. The molecule has 2 aromatic carbocycles. The van der Waals surface area contributed by atoms with Crippen LogP contribution < -0.4 is 10.1 Å². The molecule has 1 N–H and O–H groups in total. The molecular weight excluding hydrogens is 409 g/mol. The third-order valence-electron chi connectivity index (χ3n) is 2.59. The predicted octanol–water partition coefficient (Wildman–Crippen LogP) is 5.13. The first-order chi connectivity index (χ1) is 9.51. The minimum Gasteiger partial charge on any atom is -0.495 e. The molecule has 2 rings (SSSR count). The number of carbonyl (C=O) groups excluding carboxylic acids is 1. The van der Waals surface area contributed by atoms with Crippen LogP contribution in [0.4, 0.5) is 5.69 Å². The van der Waals surface area contributed by atoms with Crippen LogP contribution in [0.15, 0.2) is 45.3 Å². The van der Waals surface area contributed by atoms with Crippen molar-refractivity contribution in [1.82, 2.24) is 0 Å². The highest BCUT2D eigenvalue weighted by molar-refractivity contribution is 9.10. The molecule has 0 radical (unpaired) electrons. The molecule has 2 aromatic rings. The van der Waals surface area contributed by atoms with E-state index >= 15 is 0 Å². The van der Waals surface area contributed by atoms with Crippen molar-refractivity contribution in [3.05, 3.63) is 55.9 Å². The van der Waals surface area contributed by atoms with Crippen molar-refractivity contribution in [1.29, 1.82) is 0 Å². The molecule has 0 unspecified atom stereocenters. The summed E-state index contributed by atoms with van der Waals surface area (Å²) >= 11 is 12.6. The summed E-state index contributed by atoms with van der Waals surface area (Å²) in [6.07, 6.45) is 0. The average Bonchev–Trinajstić information content (AvgIpc) is 2.42.